The van der Waals surface area contributed by atoms with Gasteiger partial charge in [0, 0.05) is 20.0 Å². The third-order valence-electron chi connectivity index (χ3n) is 4.73. The zero-order valence-corrected chi connectivity index (χ0v) is 19.2. The van der Waals surface area contributed by atoms with Crippen LogP contribution in [0, 0.1) is 0 Å². The molecule has 3 N–H and O–H groups in total. The summed E-state index contributed by atoms with van der Waals surface area (Å²) in [4.78, 5) is 12.4. The number of carbonyl (C=O) groups excluding carboxylic acids is 1. The molecule has 1 amide bonds. The fourth-order valence-corrected chi connectivity index (χ4v) is 4.58. The summed E-state index contributed by atoms with van der Waals surface area (Å²) >= 11 is 0. The Balaban J connectivity index is 1.86. The molecule has 0 radical (unpaired) electrons. The van der Waals surface area contributed by atoms with Gasteiger partial charge in [-0.1, -0.05) is 12.1 Å². The van der Waals surface area contributed by atoms with Crippen molar-refractivity contribution >= 4 is 26.0 Å². The maximum absolute atomic E-state index is 12.6. The lowest BCUT2D eigenvalue weighted by Crippen LogP contribution is -2.30. The highest BCUT2D eigenvalue weighted by molar-refractivity contribution is 7.89. The molecule has 0 bridgehead atoms. The minimum absolute atomic E-state index is 0.00381. The maximum Gasteiger partial charge on any atom is 0.242 e. The van der Waals surface area contributed by atoms with Gasteiger partial charge in [-0.2, -0.15) is 0 Å². The summed E-state index contributed by atoms with van der Waals surface area (Å²) in [6.45, 7) is 1.95. The Morgan fingerprint density at radius 1 is 1.03 bits per heavy atom. The molecule has 9 nitrogen and oxygen atoms in total. The highest BCUT2D eigenvalue weighted by atomic mass is 32.2. The number of nitrogens with two attached hydrogens (primary N) is 1. The molecule has 0 aliphatic carbocycles. The summed E-state index contributed by atoms with van der Waals surface area (Å²) in [6.07, 6.45) is 0.483. The average Bonchev–Trinajstić information content (AvgIpc) is 2.73. The molecule has 0 aliphatic rings. The van der Waals surface area contributed by atoms with E-state index < -0.39 is 20.0 Å². The van der Waals surface area contributed by atoms with Crippen LogP contribution in [-0.4, -0.2) is 47.8 Å². The fourth-order valence-electron chi connectivity index (χ4n) is 2.85. The van der Waals surface area contributed by atoms with Crippen LogP contribution in [0.4, 0.5) is 0 Å². The average molecular weight is 470 g/mol. The van der Waals surface area contributed by atoms with E-state index in [4.69, 9.17) is 9.88 Å². The number of nitrogens with zero attached hydrogens (tertiary/aromatic N) is 1. The van der Waals surface area contributed by atoms with Crippen molar-refractivity contribution in [1.29, 1.82) is 0 Å². The lowest BCUT2D eigenvalue weighted by Gasteiger charge is -2.18. The smallest absolute Gasteiger partial charge is 0.242 e. The molecule has 2 aromatic carbocycles. The van der Waals surface area contributed by atoms with Gasteiger partial charge < -0.3 is 10.1 Å². The predicted octanol–water partition coefficient (Wildman–Crippen LogP) is 1.62. The Kier molecular flexibility index (Phi) is 8.18. The van der Waals surface area contributed by atoms with Gasteiger partial charge in [0.2, 0.25) is 26.0 Å². The third kappa shape index (κ3) is 6.76. The molecule has 2 aromatic rings. The number of rotatable bonds is 10. The number of methoxy groups -OCH3 is 1. The zero-order valence-electron chi connectivity index (χ0n) is 17.6. The highest BCUT2D eigenvalue weighted by Crippen LogP contribution is 2.19. The minimum Gasteiger partial charge on any atom is -0.497 e. The standard InChI is InChI=1S/C20H27N3O6S2/c1-15(16-6-10-18(11-7-16)30(21,25)26)22-20(24)5-4-14-23(2)31(27,28)19-12-8-17(29-3)9-13-19/h6-13,15H,4-5,14H2,1-3H3,(H,22,24)(H2,21,25,26)/t15-/m1/s1. The summed E-state index contributed by atoms with van der Waals surface area (Å²) < 4.78 is 54.1. The van der Waals surface area contributed by atoms with Crippen molar-refractivity contribution < 1.29 is 26.4 Å². The van der Waals surface area contributed by atoms with Crippen molar-refractivity contribution in [2.24, 2.45) is 5.14 Å². The minimum atomic E-state index is -3.77. The van der Waals surface area contributed by atoms with Crippen molar-refractivity contribution in [2.75, 3.05) is 20.7 Å². The second-order valence-corrected chi connectivity index (χ2v) is 10.6. The number of ether oxygens (including phenoxy) is 1. The first-order valence-corrected chi connectivity index (χ1v) is 12.5. The molecule has 170 valence electrons. The Morgan fingerprint density at radius 3 is 2.10 bits per heavy atom. The summed E-state index contributed by atoms with van der Waals surface area (Å²) in [5.41, 5.74) is 0.722. The van der Waals surface area contributed by atoms with E-state index in [0.717, 1.165) is 5.56 Å². The first-order chi connectivity index (χ1) is 14.4. The molecule has 0 spiro atoms. The molecule has 1 atom stereocenters. The topological polar surface area (TPSA) is 136 Å². The quantitative estimate of drug-likeness (QED) is 0.543. The van der Waals surface area contributed by atoms with Gasteiger partial charge in [-0.25, -0.2) is 26.3 Å². The zero-order chi connectivity index (χ0) is 23.2. The number of nitrogens with one attached hydrogen (secondary N) is 1. The predicted molar refractivity (Wildman–Crippen MR) is 116 cm³/mol. The molecule has 0 saturated carbocycles. The second kappa shape index (κ2) is 10.2. The first-order valence-electron chi connectivity index (χ1n) is 9.47. The summed E-state index contributed by atoms with van der Waals surface area (Å²) in [5, 5.41) is 7.88. The Hall–Kier alpha value is -2.47. The monoisotopic (exact) mass is 469 g/mol. The van der Waals surface area contributed by atoms with E-state index in [2.05, 4.69) is 5.32 Å². The van der Waals surface area contributed by atoms with E-state index in [1.165, 1.54) is 42.7 Å². The van der Waals surface area contributed by atoms with Crippen molar-refractivity contribution in [3.05, 3.63) is 54.1 Å². The molecular weight excluding hydrogens is 442 g/mol. The summed E-state index contributed by atoms with van der Waals surface area (Å²) in [6, 6.07) is 11.7. The van der Waals surface area contributed by atoms with E-state index in [1.54, 1.807) is 31.2 Å². The van der Waals surface area contributed by atoms with Gasteiger partial charge in [-0.05, 0) is 55.3 Å². The number of hydrogen-bond acceptors (Lipinski definition) is 6. The molecule has 0 aromatic heterocycles. The van der Waals surface area contributed by atoms with Crippen LogP contribution in [0.15, 0.2) is 58.3 Å². The van der Waals surface area contributed by atoms with Gasteiger partial charge in [-0.3, -0.25) is 4.79 Å². The molecule has 0 aliphatic heterocycles. The number of sulfonamides is 2. The lowest BCUT2D eigenvalue weighted by atomic mass is 10.1. The highest BCUT2D eigenvalue weighted by Gasteiger charge is 2.21. The molecule has 0 saturated heterocycles. The number of hydrogen-bond donors (Lipinski definition) is 2. The van der Waals surface area contributed by atoms with Crippen LogP contribution in [-0.2, 0) is 24.8 Å². The van der Waals surface area contributed by atoms with Crippen molar-refractivity contribution in [3.8, 4) is 5.75 Å². The van der Waals surface area contributed by atoms with Crippen LogP contribution in [0.2, 0.25) is 0 Å². The van der Waals surface area contributed by atoms with Gasteiger partial charge in [0.25, 0.3) is 0 Å². The van der Waals surface area contributed by atoms with Crippen molar-refractivity contribution in [2.45, 2.75) is 35.6 Å². The number of benzene rings is 2. The van der Waals surface area contributed by atoms with Crippen LogP contribution in [0.3, 0.4) is 0 Å². The fraction of sp³-hybridized carbons (Fsp3) is 0.350. The van der Waals surface area contributed by atoms with Gasteiger partial charge >= 0.3 is 0 Å². The molecule has 0 unspecified atom stereocenters. The molecule has 2 rings (SSSR count). The van der Waals surface area contributed by atoms with E-state index >= 15 is 0 Å². The van der Waals surface area contributed by atoms with Crippen LogP contribution in [0.25, 0.3) is 0 Å². The van der Waals surface area contributed by atoms with Crippen LogP contribution in [0.5, 0.6) is 5.75 Å². The van der Waals surface area contributed by atoms with Crippen LogP contribution < -0.4 is 15.2 Å². The lowest BCUT2D eigenvalue weighted by molar-refractivity contribution is -0.121. The molecule has 31 heavy (non-hydrogen) atoms. The van der Waals surface area contributed by atoms with Crippen molar-refractivity contribution in [3.63, 3.8) is 0 Å². The van der Waals surface area contributed by atoms with E-state index in [1.807, 2.05) is 0 Å². The molecule has 0 heterocycles. The Bertz CT molecular complexity index is 1100. The number of primary sulfonamides is 1. The molecule has 11 heteroatoms. The Labute approximate surface area is 183 Å². The summed E-state index contributed by atoms with van der Waals surface area (Å²) in [7, 11) is -4.46. The van der Waals surface area contributed by atoms with E-state index in [9.17, 15) is 21.6 Å². The van der Waals surface area contributed by atoms with Gasteiger partial charge in [0.05, 0.1) is 22.9 Å². The van der Waals surface area contributed by atoms with Crippen LogP contribution in [0.1, 0.15) is 31.4 Å². The number of amides is 1. The maximum atomic E-state index is 12.6. The SMILES string of the molecule is COc1ccc(S(=O)(=O)N(C)CCCC(=O)N[C@H](C)c2ccc(S(N)(=O)=O)cc2)cc1. The largest absolute Gasteiger partial charge is 0.497 e. The number of carbonyl (C=O) groups is 1. The van der Waals surface area contributed by atoms with E-state index in [0.29, 0.717) is 12.2 Å². The molecular formula is C20H27N3O6S2. The van der Waals surface area contributed by atoms with Gasteiger partial charge in [0.1, 0.15) is 5.75 Å². The van der Waals surface area contributed by atoms with E-state index in [-0.39, 0.29) is 34.7 Å². The second-order valence-electron chi connectivity index (χ2n) is 7.01. The Morgan fingerprint density at radius 2 is 1.58 bits per heavy atom. The first kappa shape index (κ1) is 24.8. The normalized spacial score (nSPS) is 13.1. The van der Waals surface area contributed by atoms with Crippen molar-refractivity contribution in [1.82, 2.24) is 9.62 Å². The summed E-state index contributed by atoms with van der Waals surface area (Å²) in [5.74, 6) is 0.324. The molecule has 0 fully saturated rings. The van der Waals surface area contributed by atoms with Crippen LogP contribution >= 0.6 is 0 Å². The van der Waals surface area contributed by atoms with Gasteiger partial charge in [-0.15, -0.1) is 0 Å². The van der Waals surface area contributed by atoms with Gasteiger partial charge in [0.15, 0.2) is 0 Å². The third-order valence-corrected chi connectivity index (χ3v) is 7.53.